The molecule has 0 spiro atoms. The maximum absolute atomic E-state index is 12.8. The number of rotatable bonds is 8. The van der Waals surface area contributed by atoms with Gasteiger partial charge in [-0.05, 0) is 73.4 Å². The molecule has 5 rings (SSSR count). The van der Waals surface area contributed by atoms with Crippen LogP contribution in [-0.2, 0) is 13.2 Å². The number of piperidine rings is 1. The van der Waals surface area contributed by atoms with Crippen molar-refractivity contribution < 1.29 is 14.3 Å². The molecule has 0 atom stereocenters. The summed E-state index contributed by atoms with van der Waals surface area (Å²) in [5.41, 5.74) is 4.82. The van der Waals surface area contributed by atoms with Crippen molar-refractivity contribution in [1.82, 2.24) is 19.6 Å². The minimum atomic E-state index is -0.0383. The molecule has 1 saturated heterocycles. The molecular formula is C29H32N4O3. The number of amides is 1. The van der Waals surface area contributed by atoms with Crippen LogP contribution >= 0.6 is 0 Å². The van der Waals surface area contributed by atoms with E-state index in [4.69, 9.17) is 9.47 Å². The van der Waals surface area contributed by atoms with Crippen molar-refractivity contribution >= 4 is 11.6 Å². The van der Waals surface area contributed by atoms with Crippen LogP contribution in [0.15, 0.2) is 73.1 Å². The topological polar surface area (TPSA) is 68.1 Å². The molecule has 3 heterocycles. The van der Waals surface area contributed by atoms with E-state index < -0.39 is 0 Å². The van der Waals surface area contributed by atoms with Crippen LogP contribution in [0.3, 0.4) is 0 Å². The summed E-state index contributed by atoms with van der Waals surface area (Å²) < 4.78 is 13.2. The summed E-state index contributed by atoms with van der Waals surface area (Å²) in [5, 5.41) is 3.20. The van der Waals surface area contributed by atoms with E-state index in [0.29, 0.717) is 17.9 Å². The van der Waals surface area contributed by atoms with Crippen molar-refractivity contribution in [3.63, 3.8) is 0 Å². The number of fused-ring (bicyclic) bond motifs is 1. The molecule has 1 fully saturated rings. The van der Waals surface area contributed by atoms with E-state index in [1.165, 1.54) is 5.56 Å². The lowest BCUT2D eigenvalue weighted by Crippen LogP contribution is -2.44. The van der Waals surface area contributed by atoms with Gasteiger partial charge in [0, 0.05) is 43.6 Å². The molecule has 0 unspecified atom stereocenters. The van der Waals surface area contributed by atoms with Crippen LogP contribution < -0.4 is 14.8 Å². The maximum Gasteiger partial charge on any atom is 0.251 e. The van der Waals surface area contributed by atoms with Gasteiger partial charge in [0.2, 0.25) is 0 Å². The average Bonchev–Trinajstić information content (AvgIpc) is 3.34. The first-order chi connectivity index (χ1) is 17.6. The molecule has 1 N–H and O–H groups in total. The van der Waals surface area contributed by atoms with Crippen molar-refractivity contribution in [2.75, 3.05) is 20.2 Å². The predicted octanol–water partition coefficient (Wildman–Crippen LogP) is 4.62. The second-order valence-corrected chi connectivity index (χ2v) is 9.34. The van der Waals surface area contributed by atoms with E-state index >= 15 is 0 Å². The monoisotopic (exact) mass is 484 g/mol. The van der Waals surface area contributed by atoms with E-state index in [2.05, 4.69) is 27.3 Å². The molecule has 7 heteroatoms. The molecule has 0 bridgehead atoms. The fraction of sp³-hybridized carbons (Fsp3) is 0.310. The Morgan fingerprint density at radius 2 is 1.86 bits per heavy atom. The average molecular weight is 485 g/mol. The zero-order valence-corrected chi connectivity index (χ0v) is 20.8. The van der Waals surface area contributed by atoms with Gasteiger partial charge < -0.3 is 19.2 Å². The van der Waals surface area contributed by atoms with Gasteiger partial charge in [0.25, 0.3) is 5.91 Å². The number of aromatic nitrogens is 2. The minimum absolute atomic E-state index is 0.0383. The number of carbonyl (C=O) groups is 1. The summed E-state index contributed by atoms with van der Waals surface area (Å²) in [6.45, 7) is 5.23. The van der Waals surface area contributed by atoms with Crippen LogP contribution in [-0.4, -0.2) is 46.4 Å². The van der Waals surface area contributed by atoms with Crippen molar-refractivity contribution in [1.29, 1.82) is 0 Å². The number of aryl methyl sites for hydroxylation is 1. The van der Waals surface area contributed by atoms with E-state index in [-0.39, 0.29) is 11.9 Å². The Morgan fingerprint density at radius 1 is 1.06 bits per heavy atom. The highest BCUT2D eigenvalue weighted by Crippen LogP contribution is 2.19. The van der Waals surface area contributed by atoms with Crippen LogP contribution in [0.4, 0.5) is 0 Å². The number of carbonyl (C=O) groups excluding carboxylic acids is 1. The fourth-order valence-electron chi connectivity index (χ4n) is 4.67. The fourth-order valence-corrected chi connectivity index (χ4v) is 4.67. The summed E-state index contributed by atoms with van der Waals surface area (Å²) in [6.07, 6.45) is 5.84. The highest BCUT2D eigenvalue weighted by atomic mass is 16.5. The van der Waals surface area contributed by atoms with Crippen molar-refractivity contribution in [3.05, 3.63) is 95.4 Å². The lowest BCUT2D eigenvalue weighted by Gasteiger charge is -2.32. The second-order valence-electron chi connectivity index (χ2n) is 9.34. The molecule has 2 aromatic carbocycles. The van der Waals surface area contributed by atoms with Crippen LogP contribution in [0.25, 0.3) is 5.65 Å². The number of hydrogen-bond donors (Lipinski definition) is 1. The zero-order valence-electron chi connectivity index (χ0n) is 20.8. The van der Waals surface area contributed by atoms with Gasteiger partial charge in [-0.2, -0.15) is 0 Å². The number of ether oxygens (including phenoxy) is 2. The maximum atomic E-state index is 12.8. The van der Waals surface area contributed by atoms with Gasteiger partial charge in [-0.25, -0.2) is 4.98 Å². The molecular weight excluding hydrogens is 452 g/mol. The molecule has 0 radical (unpaired) electrons. The lowest BCUT2D eigenvalue weighted by atomic mass is 10.0. The van der Waals surface area contributed by atoms with Gasteiger partial charge in [0.15, 0.2) is 0 Å². The second kappa shape index (κ2) is 10.8. The number of benzene rings is 2. The number of imidazole rings is 1. The SMILES string of the molecule is COc1cccc(CN2CCC(NC(=O)c3ccc(OCc4cn5cccc(C)c5n4)cc3)CC2)c1. The Kier molecular flexibility index (Phi) is 7.18. The first-order valence-corrected chi connectivity index (χ1v) is 12.4. The Hall–Kier alpha value is -3.84. The first-order valence-electron chi connectivity index (χ1n) is 12.4. The third-order valence-corrected chi connectivity index (χ3v) is 6.69. The van der Waals surface area contributed by atoms with Crippen LogP contribution in [0.5, 0.6) is 11.5 Å². The smallest absolute Gasteiger partial charge is 0.251 e. The van der Waals surface area contributed by atoms with Crippen LogP contribution in [0, 0.1) is 6.92 Å². The molecule has 1 amide bonds. The summed E-state index contributed by atoms with van der Waals surface area (Å²) in [4.78, 5) is 19.8. The largest absolute Gasteiger partial charge is 0.497 e. The van der Waals surface area contributed by atoms with E-state index in [1.807, 2.05) is 72.2 Å². The predicted molar refractivity (Wildman–Crippen MR) is 139 cm³/mol. The Labute approximate surface area is 211 Å². The summed E-state index contributed by atoms with van der Waals surface area (Å²) in [7, 11) is 1.69. The van der Waals surface area contributed by atoms with Gasteiger partial charge in [-0.1, -0.05) is 18.2 Å². The van der Waals surface area contributed by atoms with Crippen molar-refractivity contribution in [2.45, 2.75) is 39.0 Å². The molecule has 2 aromatic heterocycles. The normalized spacial score (nSPS) is 14.6. The molecule has 36 heavy (non-hydrogen) atoms. The standard InChI is InChI=1S/C29H32N4O3/c1-21-5-4-14-33-19-25(30-28(21)33)20-36-26-10-8-23(9-11-26)29(34)31-24-12-15-32(16-13-24)18-22-6-3-7-27(17-22)35-2/h3-11,14,17,19,24H,12-13,15-16,18,20H2,1-2H3,(H,31,34). The summed E-state index contributed by atoms with van der Waals surface area (Å²) >= 11 is 0. The quantitative estimate of drug-likeness (QED) is 0.395. The number of likely N-dealkylation sites (tertiary alicyclic amines) is 1. The lowest BCUT2D eigenvalue weighted by molar-refractivity contribution is 0.0909. The zero-order chi connectivity index (χ0) is 24.9. The number of pyridine rings is 1. The van der Waals surface area contributed by atoms with Crippen molar-refractivity contribution in [3.8, 4) is 11.5 Å². The first kappa shape index (κ1) is 23.9. The van der Waals surface area contributed by atoms with Gasteiger partial charge >= 0.3 is 0 Å². The molecule has 1 aliphatic rings. The van der Waals surface area contributed by atoms with Crippen molar-refractivity contribution in [2.24, 2.45) is 0 Å². The summed E-state index contributed by atoms with van der Waals surface area (Å²) in [6, 6.07) is 19.7. The van der Waals surface area contributed by atoms with E-state index in [9.17, 15) is 4.79 Å². The Morgan fingerprint density at radius 3 is 2.61 bits per heavy atom. The van der Waals surface area contributed by atoms with Gasteiger partial charge in [0.1, 0.15) is 23.8 Å². The van der Waals surface area contributed by atoms with Gasteiger partial charge in [-0.3, -0.25) is 9.69 Å². The Balaban J connectivity index is 1.09. The van der Waals surface area contributed by atoms with Gasteiger partial charge in [-0.15, -0.1) is 0 Å². The third-order valence-electron chi connectivity index (χ3n) is 6.69. The summed E-state index contributed by atoms with van der Waals surface area (Å²) in [5.74, 6) is 1.56. The minimum Gasteiger partial charge on any atom is -0.497 e. The highest BCUT2D eigenvalue weighted by Gasteiger charge is 2.21. The van der Waals surface area contributed by atoms with E-state index in [0.717, 1.165) is 55.1 Å². The Bertz CT molecular complexity index is 1320. The molecule has 1 aliphatic heterocycles. The van der Waals surface area contributed by atoms with Crippen LogP contribution in [0.1, 0.15) is 40.0 Å². The highest BCUT2D eigenvalue weighted by molar-refractivity contribution is 5.94. The number of nitrogens with one attached hydrogen (secondary N) is 1. The number of nitrogens with zero attached hydrogens (tertiary/aromatic N) is 3. The third kappa shape index (κ3) is 5.69. The van der Waals surface area contributed by atoms with Crippen LogP contribution in [0.2, 0.25) is 0 Å². The number of hydrogen-bond acceptors (Lipinski definition) is 5. The molecule has 4 aromatic rings. The van der Waals surface area contributed by atoms with Gasteiger partial charge in [0.05, 0.1) is 12.8 Å². The van der Waals surface area contributed by atoms with E-state index in [1.54, 1.807) is 7.11 Å². The molecule has 0 saturated carbocycles. The molecule has 0 aliphatic carbocycles. The molecule has 186 valence electrons. The molecule has 7 nitrogen and oxygen atoms in total. The number of methoxy groups -OCH3 is 1.